The van der Waals surface area contributed by atoms with Crippen LogP contribution in [0, 0.1) is 11.8 Å². The maximum Gasteiger partial charge on any atom is 0.223 e. The van der Waals surface area contributed by atoms with Gasteiger partial charge in [0, 0.05) is 30.7 Å². The fourth-order valence-corrected chi connectivity index (χ4v) is 2.84. The number of carbonyl (C=O) groups is 1. The maximum absolute atomic E-state index is 12.0. The molecule has 1 atom stereocenters. The smallest absolute Gasteiger partial charge is 0.223 e. The summed E-state index contributed by atoms with van der Waals surface area (Å²) in [6.45, 7) is 5.66. The van der Waals surface area contributed by atoms with Crippen LogP contribution in [0.15, 0.2) is 36.5 Å². The zero-order valence-corrected chi connectivity index (χ0v) is 12.5. The van der Waals surface area contributed by atoms with E-state index in [0.717, 1.165) is 32.6 Å². The van der Waals surface area contributed by atoms with Gasteiger partial charge in [0.25, 0.3) is 0 Å². The first-order valence-electron chi connectivity index (χ1n) is 7.78. The normalized spacial score (nSPS) is 16.6. The van der Waals surface area contributed by atoms with Crippen molar-refractivity contribution in [2.75, 3.05) is 19.6 Å². The Kier molecular flexibility index (Phi) is 4.25. The molecule has 2 aromatic rings. The van der Waals surface area contributed by atoms with Gasteiger partial charge < -0.3 is 15.2 Å². The van der Waals surface area contributed by atoms with Crippen LogP contribution in [-0.4, -0.2) is 30.1 Å². The molecule has 0 radical (unpaired) electrons. The molecule has 1 unspecified atom stereocenters. The van der Waals surface area contributed by atoms with Crippen molar-refractivity contribution in [1.82, 2.24) is 15.2 Å². The van der Waals surface area contributed by atoms with Crippen LogP contribution in [0.3, 0.4) is 0 Å². The molecule has 3 rings (SSSR count). The van der Waals surface area contributed by atoms with E-state index < -0.39 is 0 Å². The second kappa shape index (κ2) is 6.31. The number of para-hydroxylation sites is 1. The Labute approximate surface area is 125 Å². The molecule has 1 aliphatic heterocycles. The Balaban J connectivity index is 1.44. The van der Waals surface area contributed by atoms with Crippen molar-refractivity contribution in [3.05, 3.63) is 36.5 Å². The second-order valence-electron chi connectivity index (χ2n) is 5.92. The highest BCUT2D eigenvalue weighted by molar-refractivity contribution is 5.80. The van der Waals surface area contributed by atoms with Gasteiger partial charge in [-0.2, -0.15) is 0 Å². The van der Waals surface area contributed by atoms with Crippen molar-refractivity contribution in [3.63, 3.8) is 0 Å². The molecule has 0 spiro atoms. The molecule has 4 nitrogen and oxygen atoms in total. The largest absolute Gasteiger partial charge is 0.356 e. The molecule has 1 amide bonds. The van der Waals surface area contributed by atoms with Crippen molar-refractivity contribution < 1.29 is 4.79 Å². The number of aryl methyl sites for hydroxylation is 1. The first kappa shape index (κ1) is 14.1. The van der Waals surface area contributed by atoms with Crippen LogP contribution < -0.4 is 10.6 Å². The predicted molar refractivity (Wildman–Crippen MR) is 85.1 cm³/mol. The maximum atomic E-state index is 12.0. The van der Waals surface area contributed by atoms with Crippen LogP contribution in [0.25, 0.3) is 10.9 Å². The molecular formula is C17H23N3O. The molecule has 2 N–H and O–H groups in total. The van der Waals surface area contributed by atoms with Gasteiger partial charge >= 0.3 is 0 Å². The van der Waals surface area contributed by atoms with E-state index in [1.54, 1.807) is 0 Å². The van der Waals surface area contributed by atoms with E-state index in [4.69, 9.17) is 0 Å². The van der Waals surface area contributed by atoms with E-state index in [1.807, 2.05) is 6.92 Å². The lowest BCUT2D eigenvalue weighted by atomic mass is 9.88. The Morgan fingerprint density at radius 1 is 1.38 bits per heavy atom. The minimum absolute atomic E-state index is 0.124. The lowest BCUT2D eigenvalue weighted by molar-refractivity contribution is -0.126. The summed E-state index contributed by atoms with van der Waals surface area (Å²) in [7, 11) is 0. The van der Waals surface area contributed by atoms with Gasteiger partial charge in [0.05, 0.1) is 0 Å². The molecule has 0 saturated carbocycles. The third-order valence-electron chi connectivity index (χ3n) is 4.49. The number of nitrogens with zero attached hydrogens (tertiary/aromatic N) is 1. The summed E-state index contributed by atoms with van der Waals surface area (Å²) in [5.41, 5.74) is 1.26. The van der Waals surface area contributed by atoms with Crippen LogP contribution >= 0.6 is 0 Å². The van der Waals surface area contributed by atoms with E-state index in [2.05, 4.69) is 51.7 Å². The van der Waals surface area contributed by atoms with Gasteiger partial charge in [-0.15, -0.1) is 0 Å². The molecule has 0 aliphatic carbocycles. The SMILES string of the molecule is CC(C(=O)NCCCn1ccc2ccccc21)C1CNC1. The molecule has 1 fully saturated rings. The standard InChI is InChI=1S/C17H23N3O/c1-13(15-11-18-12-15)17(21)19-8-4-9-20-10-7-14-5-2-3-6-16(14)20/h2-3,5-7,10,13,15,18H,4,8-9,11-12H2,1H3,(H,19,21). The minimum Gasteiger partial charge on any atom is -0.356 e. The van der Waals surface area contributed by atoms with E-state index in [9.17, 15) is 4.79 Å². The summed E-state index contributed by atoms with van der Waals surface area (Å²) in [4.78, 5) is 12.0. The molecule has 0 bridgehead atoms. The number of nitrogens with one attached hydrogen (secondary N) is 2. The number of benzene rings is 1. The van der Waals surface area contributed by atoms with Crippen LogP contribution in [0.1, 0.15) is 13.3 Å². The third kappa shape index (κ3) is 3.10. The van der Waals surface area contributed by atoms with Gasteiger partial charge in [-0.25, -0.2) is 0 Å². The van der Waals surface area contributed by atoms with E-state index in [-0.39, 0.29) is 11.8 Å². The lowest BCUT2D eigenvalue weighted by Crippen LogP contribution is -2.49. The Hall–Kier alpha value is -1.81. The van der Waals surface area contributed by atoms with Gasteiger partial charge in [-0.3, -0.25) is 4.79 Å². The van der Waals surface area contributed by atoms with E-state index in [0.29, 0.717) is 5.92 Å². The van der Waals surface area contributed by atoms with E-state index >= 15 is 0 Å². The third-order valence-corrected chi connectivity index (χ3v) is 4.49. The average molecular weight is 285 g/mol. The summed E-state index contributed by atoms with van der Waals surface area (Å²) in [5.74, 6) is 0.830. The highest BCUT2D eigenvalue weighted by Crippen LogP contribution is 2.16. The number of aromatic nitrogens is 1. The van der Waals surface area contributed by atoms with Crippen LogP contribution in [0.4, 0.5) is 0 Å². The fraction of sp³-hybridized carbons (Fsp3) is 0.471. The van der Waals surface area contributed by atoms with Crippen LogP contribution in [-0.2, 0) is 11.3 Å². The molecule has 112 valence electrons. The summed E-state index contributed by atoms with van der Waals surface area (Å²) in [5, 5.41) is 7.55. The van der Waals surface area contributed by atoms with Gasteiger partial charge in [-0.1, -0.05) is 25.1 Å². The average Bonchev–Trinajstić information content (AvgIpc) is 2.85. The van der Waals surface area contributed by atoms with Gasteiger partial charge in [0.1, 0.15) is 0 Å². The van der Waals surface area contributed by atoms with E-state index in [1.165, 1.54) is 10.9 Å². The first-order valence-corrected chi connectivity index (χ1v) is 7.78. The highest BCUT2D eigenvalue weighted by atomic mass is 16.1. The highest BCUT2D eigenvalue weighted by Gasteiger charge is 2.28. The van der Waals surface area contributed by atoms with Gasteiger partial charge in [0.15, 0.2) is 0 Å². The summed E-state index contributed by atoms with van der Waals surface area (Å²) in [6, 6.07) is 10.5. The molecule has 2 heterocycles. The van der Waals surface area contributed by atoms with Crippen molar-refractivity contribution in [3.8, 4) is 0 Å². The Morgan fingerprint density at radius 2 is 2.19 bits per heavy atom. The fourth-order valence-electron chi connectivity index (χ4n) is 2.84. The quantitative estimate of drug-likeness (QED) is 0.798. The molecule has 1 aliphatic rings. The molecule has 1 aromatic carbocycles. The van der Waals surface area contributed by atoms with Crippen LogP contribution in [0.5, 0.6) is 0 Å². The van der Waals surface area contributed by atoms with Crippen molar-refractivity contribution >= 4 is 16.8 Å². The number of hydrogen-bond donors (Lipinski definition) is 2. The number of rotatable bonds is 6. The summed E-state index contributed by atoms with van der Waals surface area (Å²) < 4.78 is 2.25. The number of carbonyl (C=O) groups excluding carboxylic acids is 1. The zero-order valence-electron chi connectivity index (χ0n) is 12.5. The second-order valence-corrected chi connectivity index (χ2v) is 5.92. The molecular weight excluding hydrogens is 262 g/mol. The Bertz CT molecular complexity index is 615. The summed E-state index contributed by atoms with van der Waals surface area (Å²) in [6.07, 6.45) is 3.08. The minimum atomic E-state index is 0.124. The number of amides is 1. The monoisotopic (exact) mass is 285 g/mol. The van der Waals surface area contributed by atoms with Gasteiger partial charge in [0.2, 0.25) is 5.91 Å². The number of fused-ring (bicyclic) bond motifs is 1. The first-order chi connectivity index (χ1) is 10.3. The predicted octanol–water partition coefficient (Wildman–Crippen LogP) is 2.00. The van der Waals surface area contributed by atoms with Gasteiger partial charge in [-0.05, 0) is 42.9 Å². The topological polar surface area (TPSA) is 46.1 Å². The molecule has 21 heavy (non-hydrogen) atoms. The van der Waals surface area contributed by atoms with Crippen molar-refractivity contribution in [2.24, 2.45) is 11.8 Å². The summed E-state index contributed by atoms with van der Waals surface area (Å²) >= 11 is 0. The lowest BCUT2D eigenvalue weighted by Gasteiger charge is -2.31. The zero-order chi connectivity index (χ0) is 14.7. The molecule has 4 heteroatoms. The molecule has 1 saturated heterocycles. The molecule has 1 aromatic heterocycles. The number of hydrogen-bond acceptors (Lipinski definition) is 2. The van der Waals surface area contributed by atoms with Crippen molar-refractivity contribution in [1.29, 1.82) is 0 Å². The van der Waals surface area contributed by atoms with Crippen molar-refractivity contribution in [2.45, 2.75) is 19.9 Å². The Morgan fingerprint density at radius 3 is 2.95 bits per heavy atom. The van der Waals surface area contributed by atoms with Crippen LogP contribution in [0.2, 0.25) is 0 Å².